The number of halogens is 1. The van der Waals surface area contributed by atoms with Crippen LogP contribution in [0.5, 0.6) is 0 Å². The lowest BCUT2D eigenvalue weighted by Gasteiger charge is -2.11. The number of likely N-dealkylation sites (N-methyl/N-ethyl adjacent to an activating group) is 1. The molecule has 106 valence electrons. The normalized spacial score (nSPS) is 12.2. The average Bonchev–Trinajstić information content (AvgIpc) is 2.79. The van der Waals surface area contributed by atoms with Gasteiger partial charge in [-0.3, -0.25) is 9.59 Å². The zero-order valence-corrected chi connectivity index (χ0v) is 12.3. The van der Waals surface area contributed by atoms with Gasteiger partial charge >= 0.3 is 0 Å². The van der Waals surface area contributed by atoms with Gasteiger partial charge in [0.05, 0.1) is 11.6 Å². The fourth-order valence-corrected chi connectivity index (χ4v) is 2.09. The summed E-state index contributed by atoms with van der Waals surface area (Å²) in [4.78, 5) is 23.6. The van der Waals surface area contributed by atoms with Crippen molar-refractivity contribution in [1.29, 1.82) is 0 Å². The van der Waals surface area contributed by atoms with E-state index < -0.39 is 0 Å². The number of rotatable bonds is 6. The number of hydrogen-bond donors (Lipinski definition) is 1. The summed E-state index contributed by atoms with van der Waals surface area (Å²) in [6, 6.07) is 0. The lowest BCUT2D eigenvalue weighted by Crippen LogP contribution is -2.26. The van der Waals surface area contributed by atoms with Gasteiger partial charge in [0.25, 0.3) is 0 Å². The van der Waals surface area contributed by atoms with E-state index in [1.54, 1.807) is 13.2 Å². The molecule has 1 rings (SSSR count). The molecule has 1 aromatic heterocycles. The molecule has 0 aromatic carbocycles. The molecular formula is C13H20ClN3O2. The third kappa shape index (κ3) is 3.80. The van der Waals surface area contributed by atoms with Gasteiger partial charge in [0.1, 0.15) is 0 Å². The smallest absolute Gasteiger partial charge is 0.246 e. The molecule has 1 heterocycles. The number of alkyl halides is 1. The van der Waals surface area contributed by atoms with Crippen molar-refractivity contribution in [3.05, 3.63) is 17.5 Å². The van der Waals surface area contributed by atoms with Crippen molar-refractivity contribution in [2.75, 3.05) is 12.9 Å². The Morgan fingerprint density at radius 1 is 1.53 bits per heavy atom. The molecule has 1 atom stereocenters. The predicted octanol–water partition coefficient (Wildman–Crippen LogP) is 2.09. The summed E-state index contributed by atoms with van der Waals surface area (Å²) in [5.74, 6) is -0.0350. The summed E-state index contributed by atoms with van der Waals surface area (Å²) in [7, 11) is 1.60. The zero-order valence-electron chi connectivity index (χ0n) is 11.6. The van der Waals surface area contributed by atoms with Crippen LogP contribution in [0.15, 0.2) is 6.20 Å². The average molecular weight is 286 g/mol. The Hall–Kier alpha value is -1.36. The summed E-state index contributed by atoms with van der Waals surface area (Å²) in [6.45, 7) is 3.78. The van der Waals surface area contributed by atoms with Crippen LogP contribution in [0.1, 0.15) is 48.2 Å². The molecule has 1 amide bonds. The number of aryl methyl sites for hydroxylation is 1. The second-order valence-corrected chi connectivity index (χ2v) is 4.78. The van der Waals surface area contributed by atoms with E-state index >= 15 is 0 Å². The van der Waals surface area contributed by atoms with Crippen LogP contribution in [0.25, 0.3) is 0 Å². The maximum Gasteiger partial charge on any atom is 0.246 e. The summed E-state index contributed by atoms with van der Waals surface area (Å²) in [5, 5.41) is 6.89. The number of nitrogens with one attached hydrogen (secondary N) is 1. The van der Waals surface area contributed by atoms with Crippen LogP contribution in [-0.2, 0) is 4.79 Å². The van der Waals surface area contributed by atoms with Crippen LogP contribution in [-0.4, -0.2) is 34.5 Å². The Bertz CT molecular complexity index is 457. The molecule has 5 nitrogen and oxygen atoms in total. The molecular weight excluding hydrogens is 266 g/mol. The second-order valence-electron chi connectivity index (χ2n) is 4.40. The molecule has 1 aromatic rings. The molecule has 0 aliphatic rings. The van der Waals surface area contributed by atoms with Crippen molar-refractivity contribution in [3.8, 4) is 0 Å². The first kappa shape index (κ1) is 15.7. The van der Waals surface area contributed by atoms with Crippen molar-refractivity contribution in [2.45, 2.75) is 39.0 Å². The Kier molecular flexibility index (Phi) is 6.02. The van der Waals surface area contributed by atoms with Gasteiger partial charge in [0.15, 0.2) is 0 Å². The zero-order chi connectivity index (χ0) is 14.4. The highest BCUT2D eigenvalue weighted by Gasteiger charge is 2.23. The minimum atomic E-state index is -0.313. The largest absolute Gasteiger partial charge is 0.359 e. The van der Waals surface area contributed by atoms with Crippen LogP contribution in [0.4, 0.5) is 0 Å². The van der Waals surface area contributed by atoms with Gasteiger partial charge < -0.3 is 5.32 Å². The third-order valence-electron chi connectivity index (χ3n) is 3.02. The first-order valence-corrected chi connectivity index (χ1v) is 6.95. The molecule has 0 aliphatic carbocycles. The molecule has 0 fully saturated rings. The van der Waals surface area contributed by atoms with E-state index in [1.165, 1.54) is 4.68 Å². The van der Waals surface area contributed by atoms with Gasteiger partial charge in [-0.1, -0.05) is 6.92 Å². The third-order valence-corrected chi connectivity index (χ3v) is 3.28. The van der Waals surface area contributed by atoms with Crippen molar-refractivity contribution in [3.63, 3.8) is 0 Å². The molecule has 0 saturated carbocycles. The number of aromatic nitrogens is 2. The van der Waals surface area contributed by atoms with E-state index in [0.717, 1.165) is 5.56 Å². The second kappa shape index (κ2) is 7.28. The van der Waals surface area contributed by atoms with E-state index in [1.807, 2.05) is 13.8 Å². The Labute approximate surface area is 118 Å². The number of hydrogen-bond acceptors (Lipinski definition) is 3. The van der Waals surface area contributed by atoms with Gasteiger partial charge in [-0.15, -0.1) is 11.6 Å². The van der Waals surface area contributed by atoms with Crippen LogP contribution in [0.3, 0.4) is 0 Å². The van der Waals surface area contributed by atoms with E-state index in [9.17, 15) is 9.59 Å². The maximum atomic E-state index is 11.9. The fourth-order valence-electron chi connectivity index (χ4n) is 1.96. The first-order valence-electron chi connectivity index (χ1n) is 6.42. The van der Waals surface area contributed by atoms with Gasteiger partial charge in [-0.2, -0.15) is 5.10 Å². The van der Waals surface area contributed by atoms with Gasteiger partial charge in [-0.25, -0.2) is 4.68 Å². The quantitative estimate of drug-likeness (QED) is 0.814. The maximum absolute atomic E-state index is 11.9. The molecule has 0 spiro atoms. The van der Waals surface area contributed by atoms with E-state index in [-0.39, 0.29) is 17.7 Å². The predicted molar refractivity (Wildman–Crippen MR) is 74.6 cm³/mol. The standard InChI is InChI=1S/C13H20ClN3O2/c1-4-10(13(19)15-3)12-9(2)8-17(16-12)11(18)6-5-7-14/h8,10H,4-7H2,1-3H3,(H,15,19). The topological polar surface area (TPSA) is 64.0 Å². The monoisotopic (exact) mass is 285 g/mol. The minimum absolute atomic E-state index is 0.0796. The molecule has 1 unspecified atom stereocenters. The number of carbonyl (C=O) groups is 2. The number of carbonyl (C=O) groups excluding carboxylic acids is 2. The van der Waals surface area contributed by atoms with Gasteiger partial charge in [0.2, 0.25) is 11.8 Å². The first-order chi connectivity index (χ1) is 9.04. The highest BCUT2D eigenvalue weighted by molar-refractivity contribution is 6.17. The molecule has 6 heteroatoms. The molecule has 19 heavy (non-hydrogen) atoms. The van der Waals surface area contributed by atoms with E-state index in [0.29, 0.717) is 30.8 Å². The minimum Gasteiger partial charge on any atom is -0.359 e. The Morgan fingerprint density at radius 2 is 2.21 bits per heavy atom. The highest BCUT2D eigenvalue weighted by Crippen LogP contribution is 2.21. The lowest BCUT2D eigenvalue weighted by atomic mass is 9.99. The molecule has 1 N–H and O–H groups in total. The van der Waals surface area contributed by atoms with Crippen molar-refractivity contribution < 1.29 is 9.59 Å². The van der Waals surface area contributed by atoms with Crippen LogP contribution >= 0.6 is 11.6 Å². The molecule has 0 bridgehead atoms. The lowest BCUT2D eigenvalue weighted by molar-refractivity contribution is -0.122. The SMILES string of the molecule is CCC(C(=O)NC)c1nn(C(=O)CCCCl)cc1C. The fraction of sp³-hybridized carbons (Fsp3) is 0.615. The van der Waals surface area contributed by atoms with Crippen molar-refractivity contribution in [1.82, 2.24) is 15.1 Å². The summed E-state index contributed by atoms with van der Waals surface area (Å²) >= 11 is 5.57. The Balaban J connectivity index is 2.95. The highest BCUT2D eigenvalue weighted by atomic mass is 35.5. The molecule has 0 aliphatic heterocycles. The van der Waals surface area contributed by atoms with Crippen LogP contribution < -0.4 is 5.32 Å². The number of nitrogens with zero attached hydrogens (tertiary/aromatic N) is 2. The van der Waals surface area contributed by atoms with Crippen LogP contribution in [0.2, 0.25) is 0 Å². The van der Waals surface area contributed by atoms with Crippen LogP contribution in [0, 0.1) is 6.92 Å². The van der Waals surface area contributed by atoms with Crippen molar-refractivity contribution in [2.24, 2.45) is 0 Å². The van der Waals surface area contributed by atoms with E-state index in [4.69, 9.17) is 11.6 Å². The van der Waals surface area contributed by atoms with Gasteiger partial charge in [-0.05, 0) is 25.3 Å². The summed E-state index contributed by atoms with van der Waals surface area (Å²) in [6.07, 6.45) is 3.31. The Morgan fingerprint density at radius 3 is 2.74 bits per heavy atom. The summed E-state index contributed by atoms with van der Waals surface area (Å²) < 4.78 is 1.32. The van der Waals surface area contributed by atoms with Gasteiger partial charge in [0, 0.05) is 25.5 Å². The molecule has 0 saturated heterocycles. The number of amides is 1. The van der Waals surface area contributed by atoms with Crippen molar-refractivity contribution >= 4 is 23.4 Å². The molecule has 0 radical (unpaired) electrons. The van der Waals surface area contributed by atoms with E-state index in [2.05, 4.69) is 10.4 Å². The summed E-state index contributed by atoms with van der Waals surface area (Å²) in [5.41, 5.74) is 1.52.